The lowest BCUT2D eigenvalue weighted by Crippen LogP contribution is -2.17. The molecule has 2 N–H and O–H groups in total. The maximum absolute atomic E-state index is 12.2. The van der Waals surface area contributed by atoms with Gasteiger partial charge in [-0.2, -0.15) is 11.3 Å². The van der Waals surface area contributed by atoms with Gasteiger partial charge in [0.15, 0.2) is 0 Å². The van der Waals surface area contributed by atoms with E-state index in [0.717, 1.165) is 35.5 Å². The monoisotopic (exact) mass is 274 g/mol. The number of para-hydroxylation sites is 1. The van der Waals surface area contributed by atoms with Crippen LogP contribution in [0, 0.1) is 6.92 Å². The summed E-state index contributed by atoms with van der Waals surface area (Å²) in [5.41, 5.74) is 3.75. The van der Waals surface area contributed by atoms with Crippen LogP contribution in [0.2, 0.25) is 0 Å². The van der Waals surface area contributed by atoms with Crippen molar-refractivity contribution in [1.29, 1.82) is 0 Å². The first-order chi connectivity index (χ1) is 9.22. The summed E-state index contributed by atoms with van der Waals surface area (Å²) in [7, 11) is 0. The summed E-state index contributed by atoms with van der Waals surface area (Å²) < 4.78 is 0. The van der Waals surface area contributed by atoms with E-state index in [1.54, 1.807) is 11.3 Å². The van der Waals surface area contributed by atoms with Crippen LogP contribution in [0.3, 0.4) is 0 Å². The van der Waals surface area contributed by atoms with E-state index < -0.39 is 0 Å². The van der Waals surface area contributed by atoms with Crippen LogP contribution < -0.4 is 10.6 Å². The Morgan fingerprint density at radius 1 is 1.26 bits per heavy atom. The second-order valence-corrected chi connectivity index (χ2v) is 5.10. The molecule has 0 spiro atoms. The van der Waals surface area contributed by atoms with E-state index in [-0.39, 0.29) is 5.91 Å². The average molecular weight is 274 g/mol. The van der Waals surface area contributed by atoms with Crippen LogP contribution in [0.25, 0.3) is 0 Å². The van der Waals surface area contributed by atoms with E-state index >= 15 is 0 Å². The summed E-state index contributed by atoms with van der Waals surface area (Å²) in [6, 6.07) is 7.88. The molecule has 0 saturated heterocycles. The zero-order chi connectivity index (χ0) is 13.7. The van der Waals surface area contributed by atoms with Crippen LogP contribution in [0.5, 0.6) is 0 Å². The highest BCUT2D eigenvalue weighted by atomic mass is 32.1. The van der Waals surface area contributed by atoms with Crippen LogP contribution in [-0.2, 0) is 6.54 Å². The maximum Gasteiger partial charge on any atom is 0.256 e. The van der Waals surface area contributed by atoms with Crippen molar-refractivity contribution in [1.82, 2.24) is 5.32 Å². The van der Waals surface area contributed by atoms with Crippen LogP contribution in [0.4, 0.5) is 5.69 Å². The van der Waals surface area contributed by atoms with Crippen LogP contribution in [0.15, 0.2) is 35.0 Å². The molecule has 0 aliphatic rings. The van der Waals surface area contributed by atoms with E-state index in [9.17, 15) is 4.79 Å². The average Bonchev–Trinajstić information content (AvgIpc) is 2.84. The molecule has 2 rings (SSSR count). The van der Waals surface area contributed by atoms with Crippen LogP contribution in [0.1, 0.15) is 28.4 Å². The number of amides is 1. The van der Waals surface area contributed by atoms with Gasteiger partial charge in [0.1, 0.15) is 0 Å². The molecule has 1 aromatic carbocycles. The van der Waals surface area contributed by atoms with E-state index in [2.05, 4.69) is 17.6 Å². The molecule has 0 unspecified atom stereocenters. The SMILES string of the molecule is CCNCc1ccccc1NC(=O)c1cscc1C. The van der Waals surface area contributed by atoms with E-state index in [1.807, 2.05) is 41.9 Å². The van der Waals surface area contributed by atoms with E-state index in [0.29, 0.717) is 0 Å². The van der Waals surface area contributed by atoms with Gasteiger partial charge in [0, 0.05) is 17.6 Å². The lowest BCUT2D eigenvalue weighted by Gasteiger charge is -2.11. The van der Waals surface area contributed by atoms with Gasteiger partial charge < -0.3 is 10.6 Å². The number of benzene rings is 1. The quantitative estimate of drug-likeness (QED) is 0.877. The van der Waals surface area contributed by atoms with Gasteiger partial charge in [-0.05, 0) is 36.0 Å². The van der Waals surface area contributed by atoms with E-state index in [1.165, 1.54) is 0 Å². The summed E-state index contributed by atoms with van der Waals surface area (Å²) in [6.45, 7) is 5.69. The molecule has 100 valence electrons. The normalized spacial score (nSPS) is 10.4. The number of hydrogen-bond acceptors (Lipinski definition) is 3. The topological polar surface area (TPSA) is 41.1 Å². The molecule has 0 fully saturated rings. The molecule has 1 aromatic heterocycles. The smallest absolute Gasteiger partial charge is 0.256 e. The molecule has 0 atom stereocenters. The van der Waals surface area contributed by atoms with Crippen molar-refractivity contribution in [3.05, 3.63) is 51.7 Å². The molecular formula is C15H18N2OS. The molecule has 19 heavy (non-hydrogen) atoms. The zero-order valence-corrected chi connectivity index (χ0v) is 12.0. The largest absolute Gasteiger partial charge is 0.322 e. The van der Waals surface area contributed by atoms with Crippen molar-refractivity contribution >= 4 is 22.9 Å². The van der Waals surface area contributed by atoms with Gasteiger partial charge in [-0.1, -0.05) is 25.1 Å². The zero-order valence-electron chi connectivity index (χ0n) is 11.2. The van der Waals surface area contributed by atoms with Gasteiger partial charge in [-0.15, -0.1) is 0 Å². The Balaban J connectivity index is 2.15. The Morgan fingerprint density at radius 3 is 2.74 bits per heavy atom. The first-order valence-corrected chi connectivity index (χ1v) is 7.29. The summed E-state index contributed by atoms with van der Waals surface area (Å²) >= 11 is 1.55. The fourth-order valence-corrected chi connectivity index (χ4v) is 2.67. The lowest BCUT2D eigenvalue weighted by molar-refractivity contribution is 0.102. The minimum absolute atomic E-state index is 0.0392. The third-order valence-electron chi connectivity index (χ3n) is 2.93. The third kappa shape index (κ3) is 3.43. The Kier molecular flexibility index (Phi) is 4.71. The molecular weight excluding hydrogens is 256 g/mol. The second kappa shape index (κ2) is 6.50. The number of nitrogens with one attached hydrogen (secondary N) is 2. The van der Waals surface area contributed by atoms with Crippen LogP contribution >= 0.6 is 11.3 Å². The summed E-state index contributed by atoms with van der Waals surface area (Å²) in [4.78, 5) is 12.2. The predicted octanol–water partition coefficient (Wildman–Crippen LogP) is 3.42. The van der Waals surface area contributed by atoms with Crippen molar-refractivity contribution in [3.8, 4) is 0 Å². The minimum Gasteiger partial charge on any atom is -0.322 e. The molecule has 2 aromatic rings. The highest BCUT2D eigenvalue weighted by Gasteiger charge is 2.11. The first kappa shape index (κ1) is 13.8. The minimum atomic E-state index is -0.0392. The number of anilines is 1. The maximum atomic E-state index is 12.2. The molecule has 1 heterocycles. The van der Waals surface area contributed by atoms with Crippen molar-refractivity contribution in [3.63, 3.8) is 0 Å². The van der Waals surface area contributed by atoms with E-state index in [4.69, 9.17) is 0 Å². The third-order valence-corrected chi connectivity index (χ3v) is 3.79. The van der Waals surface area contributed by atoms with Crippen molar-refractivity contribution in [2.24, 2.45) is 0 Å². The molecule has 4 heteroatoms. The number of hydrogen-bond donors (Lipinski definition) is 2. The Hall–Kier alpha value is -1.65. The number of thiophene rings is 1. The molecule has 3 nitrogen and oxygen atoms in total. The number of rotatable bonds is 5. The predicted molar refractivity (Wildman–Crippen MR) is 80.8 cm³/mol. The molecule has 0 bridgehead atoms. The Morgan fingerprint density at radius 2 is 2.05 bits per heavy atom. The van der Waals surface area contributed by atoms with Gasteiger partial charge >= 0.3 is 0 Å². The Labute approximate surface area is 117 Å². The second-order valence-electron chi connectivity index (χ2n) is 4.36. The van der Waals surface area contributed by atoms with Crippen molar-refractivity contribution < 1.29 is 4.79 Å². The van der Waals surface area contributed by atoms with Crippen molar-refractivity contribution in [2.45, 2.75) is 20.4 Å². The molecule has 0 aliphatic heterocycles. The first-order valence-electron chi connectivity index (χ1n) is 6.35. The highest BCUT2D eigenvalue weighted by molar-refractivity contribution is 7.08. The number of carbonyl (C=O) groups excluding carboxylic acids is 1. The molecule has 0 radical (unpaired) electrons. The fraction of sp³-hybridized carbons (Fsp3) is 0.267. The number of aryl methyl sites for hydroxylation is 1. The summed E-state index contributed by atoms with van der Waals surface area (Å²) in [6.07, 6.45) is 0. The van der Waals surface area contributed by atoms with Gasteiger partial charge in [0.25, 0.3) is 5.91 Å². The standard InChI is InChI=1S/C15H18N2OS/c1-3-16-8-12-6-4-5-7-14(12)17-15(18)13-10-19-9-11(13)2/h4-7,9-10,16H,3,8H2,1-2H3,(H,17,18). The molecule has 1 amide bonds. The summed E-state index contributed by atoms with van der Waals surface area (Å²) in [5, 5.41) is 10.1. The Bertz CT molecular complexity index is 563. The molecule has 0 aliphatic carbocycles. The van der Waals surface area contributed by atoms with Crippen LogP contribution in [-0.4, -0.2) is 12.5 Å². The summed E-state index contributed by atoms with van der Waals surface area (Å²) in [5.74, 6) is -0.0392. The lowest BCUT2D eigenvalue weighted by atomic mass is 10.1. The van der Waals surface area contributed by atoms with Gasteiger partial charge in [-0.3, -0.25) is 4.79 Å². The molecule has 0 saturated carbocycles. The van der Waals surface area contributed by atoms with Crippen molar-refractivity contribution in [2.75, 3.05) is 11.9 Å². The highest BCUT2D eigenvalue weighted by Crippen LogP contribution is 2.19. The number of carbonyl (C=O) groups is 1. The van der Waals surface area contributed by atoms with Gasteiger partial charge in [0.2, 0.25) is 0 Å². The fourth-order valence-electron chi connectivity index (χ4n) is 1.84. The van der Waals surface area contributed by atoms with Gasteiger partial charge in [-0.25, -0.2) is 0 Å². The van der Waals surface area contributed by atoms with Gasteiger partial charge in [0.05, 0.1) is 5.56 Å².